The molecule has 6 rings (SSSR count). The Morgan fingerprint density at radius 2 is 1.85 bits per heavy atom. The SMILES string of the molecule is CN(C)C(CCCCN)C(=O)OC12CC3C[C@H](C1)CC([C@H](N)C(=O)N1C4CC4C[C@H]1C#N)(C3)C2. The van der Waals surface area contributed by atoms with Crippen LogP contribution in [-0.2, 0) is 14.3 Å². The fraction of sp³-hybridized carbons (Fsp3) is 0.885. The lowest BCUT2D eigenvalue weighted by Gasteiger charge is -2.62. The fourth-order valence-electron chi connectivity index (χ4n) is 8.39. The van der Waals surface area contributed by atoms with Crippen LogP contribution in [0.25, 0.3) is 0 Å². The molecule has 34 heavy (non-hydrogen) atoms. The number of amides is 1. The van der Waals surface area contributed by atoms with Gasteiger partial charge >= 0.3 is 5.97 Å². The zero-order valence-corrected chi connectivity index (χ0v) is 20.7. The van der Waals surface area contributed by atoms with E-state index in [2.05, 4.69) is 6.07 Å². The lowest BCUT2D eigenvalue weighted by Crippen LogP contribution is -2.66. The molecule has 0 aromatic carbocycles. The third-order valence-electron chi connectivity index (χ3n) is 9.63. The molecule has 0 spiro atoms. The Labute approximate surface area is 203 Å². The number of piperidine rings is 1. The minimum absolute atomic E-state index is 0.0482. The average molecular weight is 472 g/mol. The summed E-state index contributed by atoms with van der Waals surface area (Å²) in [6.07, 6.45) is 9.78. The largest absolute Gasteiger partial charge is 0.458 e. The molecule has 8 nitrogen and oxygen atoms in total. The molecule has 1 aliphatic heterocycles. The minimum atomic E-state index is -0.624. The Hall–Kier alpha value is -1.69. The van der Waals surface area contributed by atoms with Gasteiger partial charge in [-0.2, -0.15) is 5.26 Å². The minimum Gasteiger partial charge on any atom is -0.458 e. The van der Waals surface area contributed by atoms with Gasteiger partial charge in [-0.15, -0.1) is 0 Å². The van der Waals surface area contributed by atoms with Gasteiger partial charge in [0.05, 0.1) is 12.1 Å². The van der Waals surface area contributed by atoms with Crippen molar-refractivity contribution >= 4 is 11.9 Å². The molecular weight excluding hydrogens is 430 g/mol. The summed E-state index contributed by atoms with van der Waals surface area (Å²) in [6, 6.07) is 1.30. The van der Waals surface area contributed by atoms with Gasteiger partial charge in [0, 0.05) is 6.04 Å². The number of hydrogen-bond acceptors (Lipinski definition) is 7. The molecule has 8 heteroatoms. The molecule has 6 fully saturated rings. The zero-order valence-electron chi connectivity index (χ0n) is 20.7. The summed E-state index contributed by atoms with van der Waals surface area (Å²) in [4.78, 5) is 30.8. The number of nitriles is 1. The molecule has 1 amide bonds. The smallest absolute Gasteiger partial charge is 0.323 e. The van der Waals surface area contributed by atoms with Crippen molar-refractivity contribution in [3.05, 3.63) is 0 Å². The van der Waals surface area contributed by atoms with Gasteiger partial charge in [-0.25, -0.2) is 0 Å². The van der Waals surface area contributed by atoms with E-state index in [9.17, 15) is 14.9 Å². The van der Waals surface area contributed by atoms with Crippen LogP contribution in [0.3, 0.4) is 0 Å². The fourth-order valence-corrected chi connectivity index (χ4v) is 8.39. The van der Waals surface area contributed by atoms with Gasteiger partial charge in [0.1, 0.15) is 17.7 Å². The van der Waals surface area contributed by atoms with Crippen molar-refractivity contribution in [1.29, 1.82) is 5.26 Å². The van der Waals surface area contributed by atoms with E-state index in [0.29, 0.717) is 30.7 Å². The van der Waals surface area contributed by atoms with Crippen molar-refractivity contribution in [2.24, 2.45) is 34.6 Å². The summed E-state index contributed by atoms with van der Waals surface area (Å²) in [7, 11) is 3.86. The number of likely N-dealkylation sites (N-methyl/N-ethyl adjacent to an activating group) is 1. The maximum atomic E-state index is 13.7. The maximum Gasteiger partial charge on any atom is 0.323 e. The van der Waals surface area contributed by atoms with E-state index in [4.69, 9.17) is 16.2 Å². The van der Waals surface area contributed by atoms with E-state index in [-0.39, 0.29) is 35.4 Å². The summed E-state index contributed by atoms with van der Waals surface area (Å²) >= 11 is 0. The molecule has 4 bridgehead atoms. The first kappa shape index (κ1) is 24.0. The number of carbonyl (C=O) groups excluding carboxylic acids is 2. The number of carbonyl (C=O) groups is 2. The molecule has 9 atom stereocenters. The molecule has 0 aromatic heterocycles. The highest BCUT2D eigenvalue weighted by molar-refractivity contribution is 5.84. The van der Waals surface area contributed by atoms with E-state index in [1.807, 2.05) is 23.9 Å². The summed E-state index contributed by atoms with van der Waals surface area (Å²) in [5, 5.41) is 9.60. The standard InChI is InChI=1S/C26H41N5O3/c1-30(2)20(5-3-4-6-27)24(33)34-26-12-16-7-17(13-26)11-25(10-16,15-26)22(29)23(32)31-19(14-28)8-18-9-21(18)31/h16-22H,3-13,15,27,29H2,1-2H3/t16-,17?,18?,19-,20?,21?,22+,25?,26?/m0/s1. The van der Waals surface area contributed by atoms with Crippen molar-refractivity contribution in [2.75, 3.05) is 20.6 Å². The Bertz CT molecular complexity index is 855. The molecule has 6 aliphatic rings. The van der Waals surface area contributed by atoms with E-state index in [0.717, 1.165) is 64.2 Å². The highest BCUT2D eigenvalue weighted by Gasteiger charge is 2.64. The maximum absolute atomic E-state index is 13.7. The summed E-state index contributed by atoms with van der Waals surface area (Å²) in [5.41, 5.74) is 11.6. The summed E-state index contributed by atoms with van der Waals surface area (Å²) in [5.74, 6) is 1.17. The topological polar surface area (TPSA) is 126 Å². The van der Waals surface area contributed by atoms with Crippen LogP contribution in [0.4, 0.5) is 0 Å². The van der Waals surface area contributed by atoms with Crippen LogP contribution in [-0.4, -0.2) is 72.1 Å². The van der Waals surface area contributed by atoms with Crippen LogP contribution in [0.1, 0.15) is 70.6 Å². The summed E-state index contributed by atoms with van der Waals surface area (Å²) in [6.45, 7) is 0.627. The van der Waals surface area contributed by atoms with E-state index < -0.39 is 11.6 Å². The number of likely N-dealkylation sites (tertiary alicyclic amines) is 1. The van der Waals surface area contributed by atoms with Crippen molar-refractivity contribution in [1.82, 2.24) is 9.80 Å². The Morgan fingerprint density at radius 3 is 2.47 bits per heavy atom. The van der Waals surface area contributed by atoms with Gasteiger partial charge < -0.3 is 21.1 Å². The third-order valence-corrected chi connectivity index (χ3v) is 9.63. The second-order valence-electron chi connectivity index (χ2n) is 12.4. The predicted octanol–water partition coefficient (Wildman–Crippen LogP) is 1.77. The molecule has 1 saturated heterocycles. The number of nitrogens with two attached hydrogens (primary N) is 2. The number of fused-ring (bicyclic) bond motifs is 1. The van der Waals surface area contributed by atoms with E-state index >= 15 is 0 Å². The first-order valence-corrected chi connectivity index (χ1v) is 13.3. The summed E-state index contributed by atoms with van der Waals surface area (Å²) < 4.78 is 6.41. The van der Waals surface area contributed by atoms with Crippen molar-refractivity contribution < 1.29 is 14.3 Å². The molecule has 4 N–H and O–H groups in total. The monoisotopic (exact) mass is 471 g/mol. The first-order chi connectivity index (χ1) is 16.2. The van der Waals surface area contributed by atoms with Crippen LogP contribution < -0.4 is 11.5 Å². The predicted molar refractivity (Wildman–Crippen MR) is 127 cm³/mol. The zero-order chi connectivity index (χ0) is 24.3. The quantitative estimate of drug-likeness (QED) is 0.388. The number of esters is 1. The Morgan fingerprint density at radius 1 is 1.15 bits per heavy atom. The molecule has 0 aromatic rings. The van der Waals surface area contributed by atoms with Crippen molar-refractivity contribution in [3.8, 4) is 6.07 Å². The first-order valence-electron chi connectivity index (χ1n) is 13.3. The van der Waals surface area contributed by atoms with Crippen LogP contribution >= 0.6 is 0 Å². The van der Waals surface area contributed by atoms with Crippen molar-refractivity contribution in [2.45, 2.75) is 100 Å². The van der Waals surface area contributed by atoms with Gasteiger partial charge in [0.15, 0.2) is 0 Å². The highest BCUT2D eigenvalue weighted by Crippen LogP contribution is 2.64. The molecule has 5 saturated carbocycles. The van der Waals surface area contributed by atoms with Crippen LogP contribution in [0, 0.1) is 34.5 Å². The molecule has 5 aliphatic carbocycles. The lowest BCUT2D eigenvalue weighted by atomic mass is 9.46. The lowest BCUT2D eigenvalue weighted by molar-refractivity contribution is -0.209. The van der Waals surface area contributed by atoms with Gasteiger partial charge in [0.25, 0.3) is 0 Å². The van der Waals surface area contributed by atoms with Gasteiger partial charge in [-0.3, -0.25) is 14.5 Å². The number of nitrogens with zero attached hydrogens (tertiary/aromatic N) is 3. The van der Waals surface area contributed by atoms with Crippen LogP contribution in [0.2, 0.25) is 0 Å². The third kappa shape index (κ3) is 4.04. The molecule has 1 heterocycles. The molecule has 0 radical (unpaired) electrons. The normalized spacial score (nSPS) is 41.2. The number of ether oxygens (including phenoxy) is 1. The Balaban J connectivity index is 1.33. The van der Waals surface area contributed by atoms with Gasteiger partial charge in [-0.05, 0) is 108 Å². The Kier molecular flexibility index (Phi) is 6.19. The van der Waals surface area contributed by atoms with Crippen molar-refractivity contribution in [3.63, 3.8) is 0 Å². The molecule has 6 unspecified atom stereocenters. The van der Waals surface area contributed by atoms with Crippen LogP contribution in [0.5, 0.6) is 0 Å². The second-order valence-corrected chi connectivity index (χ2v) is 12.4. The number of rotatable bonds is 9. The van der Waals surface area contributed by atoms with Gasteiger partial charge in [-0.1, -0.05) is 6.42 Å². The second kappa shape index (κ2) is 8.76. The molecular formula is C26H41N5O3. The number of unbranched alkanes of at least 4 members (excludes halogenated alkanes) is 1. The van der Waals surface area contributed by atoms with Gasteiger partial charge in [0.2, 0.25) is 5.91 Å². The average Bonchev–Trinajstić information content (AvgIpc) is 3.43. The van der Waals surface area contributed by atoms with E-state index in [1.165, 1.54) is 0 Å². The highest BCUT2D eigenvalue weighted by atomic mass is 16.6. The molecule has 188 valence electrons. The number of hydrogen-bond donors (Lipinski definition) is 2. The van der Waals surface area contributed by atoms with Crippen LogP contribution in [0.15, 0.2) is 0 Å². The van der Waals surface area contributed by atoms with E-state index in [1.54, 1.807) is 0 Å².